The zero-order valence-corrected chi connectivity index (χ0v) is 10.1. The maximum Gasteiger partial charge on any atom is 0.330 e. The Kier molecular flexibility index (Phi) is 2.04. The molecule has 6 nitrogen and oxygen atoms in total. The smallest absolute Gasteiger partial charge is 0.330 e. The normalized spacial score (nSPS) is 49.2. The number of carbonyl (C=O) groups is 1. The Bertz CT molecular complexity index is 501. The number of hydrogen-bond acceptors (Lipinski definition) is 6. The Labute approximate surface area is 99.1 Å². The first-order valence-corrected chi connectivity index (χ1v) is 6.87. The Morgan fingerprint density at radius 2 is 2.35 bits per heavy atom. The van der Waals surface area contributed by atoms with Crippen LogP contribution < -0.4 is 5.32 Å². The first-order chi connectivity index (χ1) is 7.88. The van der Waals surface area contributed by atoms with Crippen molar-refractivity contribution in [3.8, 4) is 0 Å². The lowest BCUT2D eigenvalue weighted by atomic mass is 9.87. The topological polar surface area (TPSA) is 81.7 Å². The molecule has 0 aromatic heterocycles. The minimum Gasteiger partial charge on any atom is -0.455 e. The highest BCUT2D eigenvalue weighted by Crippen LogP contribution is 2.56. The van der Waals surface area contributed by atoms with Crippen LogP contribution in [0.15, 0.2) is 12.7 Å². The molecule has 94 valence electrons. The summed E-state index contributed by atoms with van der Waals surface area (Å²) in [6, 6.07) is -0.156. The predicted octanol–water partition coefficient (Wildman–Crippen LogP) is -0.479. The lowest BCUT2D eigenvalue weighted by Crippen LogP contribution is -2.52. The van der Waals surface area contributed by atoms with Crippen molar-refractivity contribution >= 4 is 16.1 Å². The summed E-state index contributed by atoms with van der Waals surface area (Å²) in [6.07, 6.45) is 0.568. The highest BCUT2D eigenvalue weighted by atomic mass is 32.2. The molecule has 17 heavy (non-hydrogen) atoms. The van der Waals surface area contributed by atoms with E-state index in [-0.39, 0.29) is 6.04 Å². The molecule has 0 amide bonds. The van der Waals surface area contributed by atoms with E-state index in [9.17, 15) is 13.2 Å². The first-order valence-electron chi connectivity index (χ1n) is 5.40. The molecule has 2 aliphatic heterocycles. The summed E-state index contributed by atoms with van der Waals surface area (Å²) in [6.45, 7) is 5.17. The maximum absolute atomic E-state index is 11.7. The van der Waals surface area contributed by atoms with Gasteiger partial charge in [-0.2, -0.15) is 8.42 Å². The molecule has 5 atom stereocenters. The Morgan fingerprint density at radius 1 is 1.65 bits per heavy atom. The number of esters is 1. The van der Waals surface area contributed by atoms with Gasteiger partial charge in [-0.1, -0.05) is 13.5 Å². The van der Waals surface area contributed by atoms with Crippen LogP contribution in [0, 0.1) is 5.41 Å². The lowest BCUT2D eigenvalue weighted by molar-refractivity contribution is -0.149. The summed E-state index contributed by atoms with van der Waals surface area (Å²) >= 11 is 0. The fraction of sp³-hybridized carbons (Fsp3) is 0.700. The SMILES string of the molecule is C=CC(=O)OC1C2CC3(C)C1OS(=O)(=O)C3N2. The van der Waals surface area contributed by atoms with Crippen molar-refractivity contribution in [1.29, 1.82) is 0 Å². The number of carbonyl (C=O) groups excluding carboxylic acids is 1. The van der Waals surface area contributed by atoms with Crippen molar-refractivity contribution in [2.45, 2.75) is 37.0 Å². The fourth-order valence-electron chi connectivity index (χ4n) is 3.19. The van der Waals surface area contributed by atoms with Gasteiger partial charge in [0.25, 0.3) is 10.1 Å². The summed E-state index contributed by atoms with van der Waals surface area (Å²) in [7, 11) is -3.59. The first kappa shape index (κ1) is 11.2. The number of rotatable bonds is 2. The van der Waals surface area contributed by atoms with Crippen LogP contribution in [0.5, 0.6) is 0 Å². The number of fused-ring (bicyclic) bond motifs is 1. The zero-order chi connectivity index (χ0) is 12.4. The largest absolute Gasteiger partial charge is 0.455 e. The van der Waals surface area contributed by atoms with Crippen molar-refractivity contribution in [2.75, 3.05) is 0 Å². The average molecular weight is 259 g/mol. The molecule has 0 aromatic carbocycles. The van der Waals surface area contributed by atoms with Crippen LogP contribution in [-0.2, 0) is 23.8 Å². The second-order valence-electron chi connectivity index (χ2n) is 4.98. The van der Waals surface area contributed by atoms with Crippen LogP contribution in [-0.4, -0.2) is 38.0 Å². The van der Waals surface area contributed by atoms with Crippen LogP contribution in [0.2, 0.25) is 0 Å². The molecular formula is C10H13NO5S. The second-order valence-corrected chi connectivity index (χ2v) is 6.63. The van der Waals surface area contributed by atoms with Gasteiger partial charge in [-0.3, -0.25) is 9.50 Å². The summed E-state index contributed by atoms with van der Waals surface area (Å²) < 4.78 is 33.7. The molecule has 7 heteroatoms. The molecule has 0 spiro atoms. The van der Waals surface area contributed by atoms with Crippen LogP contribution in [0.1, 0.15) is 13.3 Å². The van der Waals surface area contributed by atoms with Crippen molar-refractivity contribution < 1.29 is 22.1 Å². The van der Waals surface area contributed by atoms with Crippen LogP contribution in [0.4, 0.5) is 0 Å². The summed E-state index contributed by atoms with van der Waals surface area (Å²) in [4.78, 5) is 11.2. The molecule has 3 rings (SSSR count). The molecule has 3 aliphatic rings. The van der Waals surface area contributed by atoms with E-state index in [4.69, 9.17) is 8.92 Å². The van der Waals surface area contributed by atoms with Gasteiger partial charge < -0.3 is 4.74 Å². The molecule has 1 N–H and O–H groups in total. The van der Waals surface area contributed by atoms with Gasteiger partial charge in [0.15, 0.2) is 0 Å². The third kappa shape index (κ3) is 1.27. The number of hydrogen-bond donors (Lipinski definition) is 1. The molecule has 5 unspecified atom stereocenters. The van der Waals surface area contributed by atoms with Crippen LogP contribution in [0.25, 0.3) is 0 Å². The average Bonchev–Trinajstić information content (AvgIpc) is 2.74. The van der Waals surface area contributed by atoms with Gasteiger partial charge in [0.2, 0.25) is 0 Å². The van der Waals surface area contributed by atoms with E-state index in [1.54, 1.807) is 0 Å². The minimum absolute atomic E-state index is 0.156. The Balaban J connectivity index is 1.94. The van der Waals surface area contributed by atoms with Crippen molar-refractivity contribution in [3.05, 3.63) is 12.7 Å². The summed E-state index contributed by atoms with van der Waals surface area (Å²) in [5.74, 6) is -0.558. The van der Waals surface area contributed by atoms with E-state index in [1.807, 2.05) is 6.92 Å². The summed E-state index contributed by atoms with van der Waals surface area (Å²) in [5, 5.41) is 2.29. The van der Waals surface area contributed by atoms with Gasteiger partial charge >= 0.3 is 5.97 Å². The Morgan fingerprint density at radius 3 is 3.00 bits per heavy atom. The number of piperidine rings is 1. The molecule has 3 fully saturated rings. The van der Waals surface area contributed by atoms with E-state index < -0.39 is 39.1 Å². The Hall–Kier alpha value is -0.920. The van der Waals surface area contributed by atoms with Crippen LogP contribution in [0.3, 0.4) is 0 Å². The quantitative estimate of drug-likeness (QED) is 0.410. The van der Waals surface area contributed by atoms with Crippen molar-refractivity contribution in [2.24, 2.45) is 5.41 Å². The second kappa shape index (κ2) is 3.09. The fourth-order valence-corrected chi connectivity index (χ4v) is 5.15. The minimum atomic E-state index is -3.59. The molecule has 1 aliphatic carbocycles. The third-order valence-electron chi connectivity index (χ3n) is 3.91. The number of nitrogens with one attached hydrogen (secondary N) is 1. The van der Waals surface area contributed by atoms with Gasteiger partial charge in [-0.05, 0) is 6.42 Å². The van der Waals surface area contributed by atoms with Gasteiger partial charge in [0.05, 0.1) is 0 Å². The van der Waals surface area contributed by atoms with E-state index in [0.717, 1.165) is 6.08 Å². The monoisotopic (exact) mass is 259 g/mol. The number of ether oxygens (including phenoxy) is 1. The molecule has 1 saturated carbocycles. The van der Waals surface area contributed by atoms with Crippen molar-refractivity contribution in [3.63, 3.8) is 0 Å². The molecule has 2 saturated heterocycles. The molecule has 2 heterocycles. The van der Waals surface area contributed by atoms with E-state index >= 15 is 0 Å². The molecule has 2 bridgehead atoms. The highest BCUT2D eigenvalue weighted by molar-refractivity contribution is 7.87. The van der Waals surface area contributed by atoms with Gasteiger partial charge in [-0.25, -0.2) is 4.79 Å². The van der Waals surface area contributed by atoms with E-state index in [1.165, 1.54) is 0 Å². The van der Waals surface area contributed by atoms with E-state index in [2.05, 4.69) is 11.9 Å². The van der Waals surface area contributed by atoms with E-state index in [0.29, 0.717) is 6.42 Å². The standard InChI is InChI=1S/C10H13NO5S/c1-3-6(12)15-7-5-4-10(2)8(7)16-17(13,14)9(10)11-5/h3,5,7-9,11H,1,4H2,2H3. The molecule has 0 radical (unpaired) electrons. The predicted molar refractivity (Wildman–Crippen MR) is 57.3 cm³/mol. The lowest BCUT2D eigenvalue weighted by Gasteiger charge is -2.30. The van der Waals surface area contributed by atoms with Gasteiger partial charge in [0, 0.05) is 17.5 Å². The van der Waals surface area contributed by atoms with Crippen LogP contribution >= 0.6 is 0 Å². The highest BCUT2D eigenvalue weighted by Gasteiger charge is 2.72. The van der Waals surface area contributed by atoms with Gasteiger partial charge in [0.1, 0.15) is 17.6 Å². The molecule has 0 aromatic rings. The maximum atomic E-state index is 11.7. The zero-order valence-electron chi connectivity index (χ0n) is 9.25. The van der Waals surface area contributed by atoms with Gasteiger partial charge in [-0.15, -0.1) is 0 Å². The third-order valence-corrected chi connectivity index (χ3v) is 5.64. The van der Waals surface area contributed by atoms with Crippen molar-refractivity contribution in [1.82, 2.24) is 5.32 Å². The molecular weight excluding hydrogens is 246 g/mol. The summed E-state index contributed by atoms with van der Waals surface area (Å²) in [5.41, 5.74) is -0.504.